The van der Waals surface area contributed by atoms with Gasteiger partial charge in [-0.25, -0.2) is 5.01 Å². The Morgan fingerprint density at radius 2 is 2.40 bits per heavy atom. The Morgan fingerprint density at radius 3 is 3.07 bits per heavy atom. The van der Waals surface area contributed by atoms with E-state index in [0.29, 0.717) is 17.4 Å². The van der Waals surface area contributed by atoms with E-state index < -0.39 is 0 Å². The van der Waals surface area contributed by atoms with E-state index in [0.717, 1.165) is 10.1 Å². The molecule has 0 radical (unpaired) electrons. The van der Waals surface area contributed by atoms with E-state index in [4.69, 9.17) is 11.6 Å². The third-order valence-corrected chi connectivity index (χ3v) is 3.09. The number of rotatable bonds is 3. The van der Waals surface area contributed by atoms with Crippen molar-refractivity contribution in [2.45, 2.75) is 6.92 Å². The lowest BCUT2D eigenvalue weighted by atomic mass is 10.2. The zero-order chi connectivity index (χ0) is 10.8. The first kappa shape index (κ1) is 10.3. The zero-order valence-corrected chi connectivity index (χ0v) is 9.55. The summed E-state index contributed by atoms with van der Waals surface area (Å²) in [5, 5.41) is 5.82. The Morgan fingerprint density at radius 1 is 1.60 bits per heavy atom. The molecule has 1 heterocycles. The van der Waals surface area contributed by atoms with E-state index >= 15 is 0 Å². The average Bonchev–Trinajstić information content (AvgIpc) is 2.63. The first-order valence-electron chi connectivity index (χ1n) is 4.42. The highest BCUT2D eigenvalue weighted by atomic mass is 35.5. The van der Waals surface area contributed by atoms with Crippen LogP contribution >= 0.6 is 23.1 Å². The van der Waals surface area contributed by atoms with Crippen LogP contribution in [-0.4, -0.2) is 10.9 Å². The summed E-state index contributed by atoms with van der Waals surface area (Å²) in [5.74, 6) is 0.601. The molecule has 0 saturated carbocycles. The maximum absolute atomic E-state index is 10.6. The lowest BCUT2D eigenvalue weighted by Gasteiger charge is -2.08. The van der Waals surface area contributed by atoms with Crippen LogP contribution in [0.2, 0.25) is 5.02 Å². The molecule has 1 aromatic carbocycles. The highest BCUT2D eigenvalue weighted by molar-refractivity contribution is 7.13. The van der Waals surface area contributed by atoms with Crippen LogP contribution < -0.4 is 5.01 Å². The van der Waals surface area contributed by atoms with Crippen LogP contribution in [0.3, 0.4) is 0 Å². The average molecular weight is 242 g/mol. The van der Waals surface area contributed by atoms with Gasteiger partial charge in [0, 0.05) is 17.0 Å². The SMILES string of the molecule is CCN(N=O)c1nsc2cc(Cl)ccc12. The molecule has 0 atom stereocenters. The van der Waals surface area contributed by atoms with Crippen LogP contribution in [0.1, 0.15) is 6.92 Å². The molecule has 2 rings (SSSR count). The Hall–Kier alpha value is -1.20. The molecule has 0 aliphatic heterocycles. The summed E-state index contributed by atoms with van der Waals surface area (Å²) in [6.45, 7) is 2.35. The van der Waals surface area contributed by atoms with Gasteiger partial charge in [0.2, 0.25) is 0 Å². The molecule has 0 saturated heterocycles. The van der Waals surface area contributed by atoms with E-state index in [2.05, 4.69) is 9.66 Å². The standard InChI is InChI=1S/C9H8ClN3OS/c1-2-13(12-14)9-7-4-3-6(10)5-8(7)15-11-9/h3-5H,2H2,1H3. The second kappa shape index (κ2) is 4.12. The number of benzene rings is 1. The van der Waals surface area contributed by atoms with Crippen LogP contribution in [-0.2, 0) is 0 Å². The van der Waals surface area contributed by atoms with Crippen molar-refractivity contribution in [3.63, 3.8) is 0 Å². The van der Waals surface area contributed by atoms with Crippen molar-refractivity contribution in [2.75, 3.05) is 11.6 Å². The predicted molar refractivity (Wildman–Crippen MR) is 63.4 cm³/mol. The van der Waals surface area contributed by atoms with Gasteiger partial charge in [-0.15, -0.1) is 4.91 Å². The minimum absolute atomic E-state index is 0.505. The number of hydrogen-bond acceptors (Lipinski definition) is 4. The second-order valence-electron chi connectivity index (χ2n) is 2.94. The highest BCUT2D eigenvalue weighted by Gasteiger charge is 2.12. The molecule has 0 fully saturated rings. The molecule has 0 N–H and O–H groups in total. The number of halogens is 1. The molecule has 0 aliphatic carbocycles. The molecule has 2 aromatic rings. The molecule has 1 aromatic heterocycles. The fourth-order valence-electron chi connectivity index (χ4n) is 1.33. The monoisotopic (exact) mass is 241 g/mol. The van der Waals surface area contributed by atoms with Crippen molar-refractivity contribution in [3.05, 3.63) is 28.1 Å². The lowest BCUT2D eigenvalue weighted by Crippen LogP contribution is -2.14. The van der Waals surface area contributed by atoms with Gasteiger partial charge in [-0.1, -0.05) is 11.6 Å². The molecule has 4 nitrogen and oxygen atoms in total. The second-order valence-corrected chi connectivity index (χ2v) is 4.19. The third kappa shape index (κ3) is 1.80. The summed E-state index contributed by atoms with van der Waals surface area (Å²) in [6.07, 6.45) is 0. The Labute approximate surface area is 95.6 Å². The van der Waals surface area contributed by atoms with Crippen LogP contribution in [0.25, 0.3) is 10.1 Å². The molecule has 0 aliphatic rings. The third-order valence-electron chi connectivity index (χ3n) is 2.06. The number of anilines is 1. The lowest BCUT2D eigenvalue weighted by molar-refractivity contribution is 0.876. The molecular weight excluding hydrogens is 234 g/mol. The first-order valence-corrected chi connectivity index (χ1v) is 5.57. The maximum atomic E-state index is 10.6. The van der Waals surface area contributed by atoms with Gasteiger partial charge in [-0.3, -0.25) is 0 Å². The van der Waals surface area contributed by atoms with Gasteiger partial charge >= 0.3 is 0 Å². The topological polar surface area (TPSA) is 45.6 Å². The van der Waals surface area contributed by atoms with Gasteiger partial charge in [-0.2, -0.15) is 4.37 Å². The van der Waals surface area contributed by atoms with E-state index in [1.165, 1.54) is 16.5 Å². The Kier molecular flexibility index (Phi) is 2.83. The largest absolute Gasteiger partial charge is 0.210 e. The molecule has 6 heteroatoms. The van der Waals surface area contributed by atoms with Gasteiger partial charge in [-0.05, 0) is 36.7 Å². The van der Waals surface area contributed by atoms with Gasteiger partial charge in [0.1, 0.15) is 0 Å². The number of fused-ring (bicyclic) bond motifs is 1. The number of aromatic nitrogens is 1. The van der Waals surface area contributed by atoms with Crippen molar-refractivity contribution in [2.24, 2.45) is 5.29 Å². The summed E-state index contributed by atoms with van der Waals surface area (Å²) in [5.41, 5.74) is 0. The molecule has 0 spiro atoms. The maximum Gasteiger partial charge on any atom is 0.173 e. The van der Waals surface area contributed by atoms with E-state index in [1.807, 2.05) is 19.1 Å². The summed E-state index contributed by atoms with van der Waals surface area (Å²) in [6, 6.07) is 5.46. The van der Waals surface area contributed by atoms with Gasteiger partial charge in [0.25, 0.3) is 0 Å². The van der Waals surface area contributed by atoms with Gasteiger partial charge in [0.15, 0.2) is 5.82 Å². The Balaban J connectivity index is 2.57. The summed E-state index contributed by atoms with van der Waals surface area (Å²) in [7, 11) is 0. The van der Waals surface area contributed by atoms with Crippen LogP contribution in [0.15, 0.2) is 23.5 Å². The molecule has 0 unspecified atom stereocenters. The summed E-state index contributed by atoms with van der Waals surface area (Å²) < 4.78 is 5.15. The number of hydrogen-bond donors (Lipinski definition) is 0. The van der Waals surface area contributed by atoms with Crippen molar-refractivity contribution in [1.29, 1.82) is 0 Å². The minimum atomic E-state index is 0.505. The molecule has 78 valence electrons. The zero-order valence-electron chi connectivity index (χ0n) is 7.98. The van der Waals surface area contributed by atoms with Gasteiger partial charge < -0.3 is 0 Å². The van der Waals surface area contributed by atoms with Crippen molar-refractivity contribution >= 4 is 39.0 Å². The van der Waals surface area contributed by atoms with E-state index in [-0.39, 0.29) is 0 Å². The summed E-state index contributed by atoms with van der Waals surface area (Å²) in [4.78, 5) is 10.6. The molecule has 0 bridgehead atoms. The molecular formula is C9H8ClN3OS. The van der Waals surface area contributed by atoms with E-state index in [9.17, 15) is 4.91 Å². The normalized spacial score (nSPS) is 10.5. The fourth-order valence-corrected chi connectivity index (χ4v) is 2.38. The summed E-state index contributed by atoms with van der Waals surface area (Å²) >= 11 is 7.17. The number of nitroso groups, excluding NO2 is 1. The Bertz CT molecular complexity index is 499. The predicted octanol–water partition coefficient (Wildman–Crippen LogP) is 3.46. The van der Waals surface area contributed by atoms with Crippen molar-refractivity contribution < 1.29 is 0 Å². The van der Waals surface area contributed by atoms with E-state index in [1.54, 1.807) is 6.07 Å². The molecule has 15 heavy (non-hydrogen) atoms. The van der Waals surface area contributed by atoms with Crippen molar-refractivity contribution in [3.8, 4) is 0 Å². The fraction of sp³-hybridized carbons (Fsp3) is 0.222. The minimum Gasteiger partial charge on any atom is -0.210 e. The smallest absolute Gasteiger partial charge is 0.173 e. The first-order chi connectivity index (χ1) is 7.26. The van der Waals surface area contributed by atoms with Crippen LogP contribution in [0.5, 0.6) is 0 Å². The highest BCUT2D eigenvalue weighted by Crippen LogP contribution is 2.31. The molecule has 0 amide bonds. The quantitative estimate of drug-likeness (QED) is 0.611. The van der Waals surface area contributed by atoms with Gasteiger partial charge in [0.05, 0.1) is 9.99 Å². The van der Waals surface area contributed by atoms with Crippen LogP contribution in [0, 0.1) is 4.91 Å². The van der Waals surface area contributed by atoms with Crippen LogP contribution in [0.4, 0.5) is 5.82 Å². The number of nitrogens with zero attached hydrogens (tertiary/aromatic N) is 3. The van der Waals surface area contributed by atoms with Crippen molar-refractivity contribution in [1.82, 2.24) is 4.37 Å².